The molecule has 0 heterocycles. The Labute approximate surface area is 156 Å². The van der Waals surface area contributed by atoms with Crippen molar-refractivity contribution in [3.8, 4) is 5.75 Å². The lowest BCUT2D eigenvalue weighted by Gasteiger charge is -2.05. The fourth-order valence-corrected chi connectivity index (χ4v) is 3.06. The highest BCUT2D eigenvalue weighted by molar-refractivity contribution is 6.02. The lowest BCUT2D eigenvalue weighted by atomic mass is 10.0. The molecular formula is C22H30N2O2. The molecule has 0 saturated heterocycles. The fraction of sp³-hybridized carbons (Fsp3) is 0.455. The minimum atomic E-state index is -0.0769. The molecule has 1 amide bonds. The van der Waals surface area contributed by atoms with Crippen LogP contribution in [0.5, 0.6) is 5.75 Å². The van der Waals surface area contributed by atoms with Gasteiger partial charge in [0.05, 0.1) is 6.21 Å². The van der Waals surface area contributed by atoms with Crippen molar-refractivity contribution in [2.45, 2.75) is 64.7 Å². The highest BCUT2D eigenvalue weighted by Gasteiger charge is 2.05. The number of phenols is 1. The summed E-state index contributed by atoms with van der Waals surface area (Å²) < 4.78 is 0. The van der Waals surface area contributed by atoms with Gasteiger partial charge in [0.15, 0.2) is 0 Å². The molecule has 0 bridgehead atoms. The van der Waals surface area contributed by atoms with E-state index in [9.17, 15) is 9.90 Å². The molecular weight excluding hydrogens is 324 g/mol. The zero-order valence-corrected chi connectivity index (χ0v) is 15.7. The maximum atomic E-state index is 11.9. The zero-order chi connectivity index (χ0) is 18.6. The molecule has 0 aliphatic heterocycles. The van der Waals surface area contributed by atoms with Gasteiger partial charge >= 0.3 is 0 Å². The summed E-state index contributed by atoms with van der Waals surface area (Å²) in [4.78, 5) is 11.9. The summed E-state index contributed by atoms with van der Waals surface area (Å²) in [5.74, 6) is 0.0803. The average Bonchev–Trinajstić information content (AvgIpc) is 2.65. The Kier molecular flexibility index (Phi) is 8.67. The van der Waals surface area contributed by atoms with Crippen LogP contribution in [0.15, 0.2) is 41.5 Å². The number of hydrazone groups is 1. The Bertz CT molecular complexity index is 725. The van der Waals surface area contributed by atoms with E-state index in [1.807, 2.05) is 30.3 Å². The molecule has 0 aromatic heterocycles. The van der Waals surface area contributed by atoms with Crippen LogP contribution >= 0.6 is 0 Å². The number of amides is 1. The summed E-state index contributed by atoms with van der Waals surface area (Å²) in [6.07, 6.45) is 11.7. The van der Waals surface area contributed by atoms with Crippen molar-refractivity contribution in [2.24, 2.45) is 5.10 Å². The summed E-state index contributed by atoms with van der Waals surface area (Å²) >= 11 is 0. The third kappa shape index (κ3) is 6.51. The minimum absolute atomic E-state index is 0.0769. The fourth-order valence-electron chi connectivity index (χ4n) is 3.06. The van der Waals surface area contributed by atoms with Crippen molar-refractivity contribution in [3.63, 3.8) is 0 Å². The smallest absolute Gasteiger partial charge is 0.240 e. The second-order valence-electron chi connectivity index (χ2n) is 6.74. The van der Waals surface area contributed by atoms with Crippen molar-refractivity contribution in [1.82, 2.24) is 5.43 Å². The van der Waals surface area contributed by atoms with Crippen molar-refractivity contribution in [3.05, 3.63) is 42.0 Å². The first-order valence-corrected chi connectivity index (χ1v) is 9.75. The second kappa shape index (κ2) is 11.3. The molecule has 0 unspecified atom stereocenters. The minimum Gasteiger partial charge on any atom is -0.507 e. The summed E-state index contributed by atoms with van der Waals surface area (Å²) in [5.41, 5.74) is 3.18. The van der Waals surface area contributed by atoms with E-state index in [1.165, 1.54) is 44.7 Å². The van der Waals surface area contributed by atoms with Gasteiger partial charge in [-0.15, -0.1) is 0 Å². The molecule has 0 fully saturated rings. The normalized spacial score (nSPS) is 11.3. The number of unbranched alkanes of at least 4 members (excludes halogenated alkanes) is 7. The van der Waals surface area contributed by atoms with Crippen LogP contribution in [0.3, 0.4) is 0 Å². The molecule has 140 valence electrons. The van der Waals surface area contributed by atoms with Gasteiger partial charge in [0.2, 0.25) is 5.91 Å². The van der Waals surface area contributed by atoms with Crippen LogP contribution in [0.4, 0.5) is 0 Å². The van der Waals surface area contributed by atoms with Gasteiger partial charge in [0.1, 0.15) is 5.75 Å². The predicted molar refractivity (Wildman–Crippen MR) is 109 cm³/mol. The molecule has 0 aliphatic carbocycles. The Hall–Kier alpha value is -2.36. The number of phenolic OH excluding ortho intramolecular Hbond substituents is 1. The van der Waals surface area contributed by atoms with Crippen LogP contribution in [0.2, 0.25) is 0 Å². The quantitative estimate of drug-likeness (QED) is 0.317. The molecule has 0 aliphatic rings. The average molecular weight is 354 g/mol. The molecule has 0 spiro atoms. The maximum Gasteiger partial charge on any atom is 0.240 e. The van der Waals surface area contributed by atoms with Crippen LogP contribution in [0, 0.1) is 0 Å². The topological polar surface area (TPSA) is 61.7 Å². The van der Waals surface area contributed by atoms with E-state index in [0.717, 1.165) is 23.6 Å². The second-order valence-corrected chi connectivity index (χ2v) is 6.74. The van der Waals surface area contributed by atoms with Crippen LogP contribution in [0.1, 0.15) is 70.3 Å². The third-order valence-corrected chi connectivity index (χ3v) is 4.59. The van der Waals surface area contributed by atoms with Crippen LogP contribution in [-0.4, -0.2) is 17.2 Å². The summed E-state index contributed by atoms with van der Waals surface area (Å²) in [6.45, 7) is 2.22. The lowest BCUT2D eigenvalue weighted by Crippen LogP contribution is -2.16. The van der Waals surface area contributed by atoms with Gasteiger partial charge in [0, 0.05) is 12.0 Å². The van der Waals surface area contributed by atoms with Gasteiger partial charge < -0.3 is 5.11 Å². The summed E-state index contributed by atoms with van der Waals surface area (Å²) in [7, 11) is 0. The van der Waals surface area contributed by atoms with E-state index >= 15 is 0 Å². The first-order valence-electron chi connectivity index (χ1n) is 9.75. The lowest BCUT2D eigenvalue weighted by molar-refractivity contribution is -0.121. The van der Waals surface area contributed by atoms with Crippen molar-refractivity contribution in [2.75, 3.05) is 0 Å². The molecule has 2 rings (SSSR count). The first-order chi connectivity index (χ1) is 12.7. The molecule has 0 saturated carbocycles. The monoisotopic (exact) mass is 354 g/mol. The SMILES string of the molecule is CCCCCCCCCCC(=O)NN=Cc1c(O)ccc2ccccc12. The number of nitrogens with zero attached hydrogens (tertiary/aromatic N) is 1. The van der Waals surface area contributed by atoms with Crippen LogP contribution in [0.25, 0.3) is 10.8 Å². The van der Waals surface area contributed by atoms with E-state index in [4.69, 9.17) is 0 Å². The molecule has 26 heavy (non-hydrogen) atoms. The Morgan fingerprint density at radius 2 is 1.69 bits per heavy atom. The first kappa shape index (κ1) is 20.0. The third-order valence-electron chi connectivity index (χ3n) is 4.59. The molecule has 2 N–H and O–H groups in total. The van der Waals surface area contributed by atoms with Gasteiger partial charge in [-0.3, -0.25) is 4.79 Å². The number of hydrogen-bond donors (Lipinski definition) is 2. The molecule has 0 atom stereocenters. The van der Waals surface area contributed by atoms with Gasteiger partial charge in [-0.25, -0.2) is 5.43 Å². The number of aromatic hydroxyl groups is 1. The highest BCUT2D eigenvalue weighted by Crippen LogP contribution is 2.25. The van der Waals surface area contributed by atoms with Crippen molar-refractivity contribution >= 4 is 22.9 Å². The number of carbonyl (C=O) groups is 1. The number of carbonyl (C=O) groups excluding carboxylic acids is 1. The standard InChI is InChI=1S/C22H30N2O2/c1-2-3-4-5-6-7-8-9-14-22(26)24-23-17-20-19-13-11-10-12-18(19)15-16-21(20)25/h10-13,15-17,25H,2-9,14H2,1H3,(H,24,26). The van der Waals surface area contributed by atoms with Gasteiger partial charge in [0.25, 0.3) is 0 Å². The van der Waals surface area contributed by atoms with E-state index in [-0.39, 0.29) is 11.7 Å². The van der Waals surface area contributed by atoms with Crippen LogP contribution in [-0.2, 0) is 4.79 Å². The highest BCUT2D eigenvalue weighted by atomic mass is 16.3. The number of fused-ring (bicyclic) bond motifs is 1. The molecule has 2 aromatic rings. The van der Waals surface area contributed by atoms with Crippen molar-refractivity contribution in [1.29, 1.82) is 0 Å². The van der Waals surface area contributed by atoms with E-state index in [2.05, 4.69) is 17.5 Å². The maximum absolute atomic E-state index is 11.9. The number of nitrogens with one attached hydrogen (secondary N) is 1. The van der Waals surface area contributed by atoms with E-state index in [1.54, 1.807) is 6.07 Å². The van der Waals surface area contributed by atoms with Gasteiger partial charge in [-0.05, 0) is 23.3 Å². The van der Waals surface area contributed by atoms with Crippen LogP contribution < -0.4 is 5.43 Å². The zero-order valence-electron chi connectivity index (χ0n) is 15.7. The summed E-state index contributed by atoms with van der Waals surface area (Å²) in [5, 5.41) is 16.0. The van der Waals surface area contributed by atoms with E-state index < -0.39 is 0 Å². The van der Waals surface area contributed by atoms with Gasteiger partial charge in [-0.1, -0.05) is 82.2 Å². The Balaban J connectivity index is 1.72. The number of benzene rings is 2. The molecule has 2 aromatic carbocycles. The largest absolute Gasteiger partial charge is 0.507 e. The predicted octanol–water partition coefficient (Wildman–Crippen LogP) is 5.53. The number of hydrogen-bond acceptors (Lipinski definition) is 3. The summed E-state index contributed by atoms with van der Waals surface area (Å²) in [6, 6.07) is 11.3. The molecule has 4 nitrogen and oxygen atoms in total. The molecule has 4 heteroatoms. The van der Waals surface area contributed by atoms with Crippen molar-refractivity contribution < 1.29 is 9.90 Å². The van der Waals surface area contributed by atoms with E-state index in [0.29, 0.717) is 12.0 Å². The Morgan fingerprint density at radius 1 is 1.00 bits per heavy atom. The number of rotatable bonds is 11. The van der Waals surface area contributed by atoms with Gasteiger partial charge in [-0.2, -0.15) is 5.10 Å². The Morgan fingerprint density at radius 3 is 2.46 bits per heavy atom. The molecule has 0 radical (unpaired) electrons.